The van der Waals surface area contributed by atoms with Crippen LogP contribution in [0.4, 0.5) is 0 Å². The minimum absolute atomic E-state index is 0. The second-order valence-corrected chi connectivity index (χ2v) is 2.21. The average molecular weight is 192 g/mol. The Bertz CT molecular complexity index is 495. The molecule has 1 atom stereocenters. The van der Waals surface area contributed by atoms with Gasteiger partial charge in [0.25, 0.3) is 0 Å². The van der Waals surface area contributed by atoms with Crippen molar-refractivity contribution in [1.82, 2.24) is 0 Å². The first-order valence-electron chi connectivity index (χ1n) is 6.26. The van der Waals surface area contributed by atoms with Gasteiger partial charge >= 0.3 is 0 Å². The van der Waals surface area contributed by atoms with Gasteiger partial charge in [0.1, 0.15) is 5.75 Å². The van der Waals surface area contributed by atoms with Crippen LogP contribution in [0.3, 0.4) is 0 Å². The lowest BCUT2D eigenvalue weighted by Gasteiger charge is -2.22. The molecule has 0 aliphatic carbocycles. The summed E-state index contributed by atoms with van der Waals surface area (Å²) in [6.07, 6.45) is -1.84. The number of hydrogen-bond acceptors (Lipinski definition) is 2. The molecule has 1 heterocycles. The summed E-state index contributed by atoms with van der Waals surface area (Å²) in [6.45, 7) is -0.316. The molecule has 0 bridgehead atoms. The molecular weight excluding hydrogens is 174 g/mol. The molecule has 1 aliphatic heterocycles. The highest BCUT2D eigenvalue weighted by molar-refractivity contribution is 5.85. The fourth-order valence-corrected chi connectivity index (χ4v) is 0.949. The molecule has 1 unspecified atom stereocenters. The van der Waals surface area contributed by atoms with Gasteiger partial charge in [-0.3, -0.25) is 0 Å². The minimum atomic E-state index is -1.84. The number of halogens is 1. The van der Waals surface area contributed by atoms with Crippen LogP contribution in [0.5, 0.6) is 5.75 Å². The average Bonchev–Trinajstić information content (AvgIpc) is 2.27. The molecule has 1 aromatic carbocycles. The number of nitrogens with two attached hydrogens (primary N) is 1. The Morgan fingerprint density at radius 1 is 1.58 bits per heavy atom. The van der Waals surface area contributed by atoms with Crippen LogP contribution in [-0.4, -0.2) is 6.61 Å². The molecule has 1 aromatic rings. The zero-order valence-electron chi connectivity index (χ0n) is 12.2. The van der Waals surface area contributed by atoms with Crippen LogP contribution in [0.25, 0.3) is 0 Å². The predicted octanol–water partition coefficient (Wildman–Crippen LogP) is 1.89. The largest absolute Gasteiger partial charge is 0.493 e. The van der Waals surface area contributed by atoms with Crippen LogP contribution >= 0.6 is 12.4 Å². The van der Waals surface area contributed by atoms with Crippen LogP contribution in [0, 0.1) is 0 Å². The summed E-state index contributed by atoms with van der Waals surface area (Å²) in [5.41, 5.74) is 5.72. The van der Waals surface area contributed by atoms with Crippen molar-refractivity contribution < 1.29 is 13.0 Å². The summed E-state index contributed by atoms with van der Waals surface area (Å²) < 4.78 is 50.7. The lowest BCUT2D eigenvalue weighted by molar-refractivity contribution is 0.269. The molecular formula is C9H12ClNO. The molecule has 0 amide bonds. The van der Waals surface area contributed by atoms with Crippen molar-refractivity contribution in [2.45, 2.75) is 12.4 Å². The Morgan fingerprint density at radius 2 is 2.33 bits per heavy atom. The van der Waals surface area contributed by atoms with E-state index in [4.69, 9.17) is 18.7 Å². The normalized spacial score (nSPS) is 31.6. The Balaban J connectivity index is 0.00000162. The smallest absolute Gasteiger partial charge is 0.124 e. The van der Waals surface area contributed by atoms with E-state index in [1.165, 1.54) is 0 Å². The summed E-state index contributed by atoms with van der Waals surface area (Å²) in [6, 6.07) is -2.59. The van der Waals surface area contributed by atoms with Crippen molar-refractivity contribution in [2.75, 3.05) is 6.61 Å². The Morgan fingerprint density at radius 3 is 3.17 bits per heavy atom. The molecule has 1 aliphatic rings. The number of benzene rings is 1. The maximum atomic E-state index is 7.70. The highest BCUT2D eigenvalue weighted by Crippen LogP contribution is 2.29. The topological polar surface area (TPSA) is 35.2 Å². The second-order valence-electron chi connectivity index (χ2n) is 2.21. The Kier molecular flexibility index (Phi) is 1.26. The molecule has 3 heteroatoms. The van der Waals surface area contributed by atoms with Crippen molar-refractivity contribution in [3.8, 4) is 5.75 Å². The second kappa shape index (κ2) is 3.78. The monoisotopic (exact) mass is 191 g/mol. The summed E-state index contributed by atoms with van der Waals surface area (Å²) in [5.74, 6) is -0.0429. The first-order chi connectivity index (χ1) is 7.77. The highest BCUT2D eigenvalue weighted by atomic mass is 35.5. The van der Waals surface area contributed by atoms with E-state index in [-0.39, 0.29) is 42.4 Å². The van der Waals surface area contributed by atoms with Gasteiger partial charge in [-0.15, -0.1) is 12.4 Å². The van der Waals surface area contributed by atoms with E-state index >= 15 is 0 Å². The van der Waals surface area contributed by atoms with Gasteiger partial charge in [-0.2, -0.15) is 0 Å². The van der Waals surface area contributed by atoms with Gasteiger partial charge in [-0.25, -0.2) is 0 Å². The third kappa shape index (κ3) is 1.54. The molecule has 0 aromatic heterocycles. The van der Waals surface area contributed by atoms with Crippen LogP contribution in [0.1, 0.15) is 26.2 Å². The molecule has 2 nitrogen and oxygen atoms in total. The van der Waals surface area contributed by atoms with E-state index < -0.39 is 24.5 Å². The molecule has 0 fully saturated rings. The zero-order chi connectivity index (χ0) is 13.0. The van der Waals surface area contributed by atoms with E-state index in [0.717, 1.165) is 0 Å². The number of para-hydroxylation sites is 1. The molecule has 0 spiro atoms. The molecule has 66 valence electrons. The summed E-state index contributed by atoms with van der Waals surface area (Å²) in [5, 5.41) is 0. The van der Waals surface area contributed by atoms with Gasteiger partial charge in [-0.1, -0.05) is 18.1 Å². The van der Waals surface area contributed by atoms with Gasteiger partial charge < -0.3 is 10.5 Å². The zero-order valence-corrected chi connectivity index (χ0v) is 6.99. The van der Waals surface area contributed by atoms with Crippen molar-refractivity contribution in [2.24, 2.45) is 5.73 Å². The third-order valence-corrected chi connectivity index (χ3v) is 1.51. The number of fused-ring (bicyclic) bond motifs is 1. The Hall–Kier alpha value is -0.730. The van der Waals surface area contributed by atoms with E-state index in [1.807, 2.05) is 0 Å². The van der Waals surface area contributed by atoms with Crippen molar-refractivity contribution >= 4 is 12.4 Å². The fourth-order valence-electron chi connectivity index (χ4n) is 0.949. The molecule has 0 saturated carbocycles. The molecule has 12 heavy (non-hydrogen) atoms. The molecule has 0 saturated heterocycles. The van der Waals surface area contributed by atoms with Crippen LogP contribution in [-0.2, 0) is 0 Å². The Labute approximate surface area is 86.6 Å². The standard InChI is InChI=1S/C9H11NO.ClH/c10-8-5-6-11-9-4-2-1-3-7(8)9;/h1-4,8H,5-6,10H2;1H/i1D,2D,3D,4D,5D2;. The van der Waals surface area contributed by atoms with Gasteiger partial charge in [0, 0.05) is 20.7 Å². The van der Waals surface area contributed by atoms with E-state index in [9.17, 15) is 0 Å². The van der Waals surface area contributed by atoms with Gasteiger partial charge in [0.15, 0.2) is 0 Å². The third-order valence-electron chi connectivity index (χ3n) is 1.51. The molecule has 0 radical (unpaired) electrons. The van der Waals surface area contributed by atoms with Gasteiger partial charge in [-0.05, 0) is 6.04 Å². The lowest BCUT2D eigenvalue weighted by atomic mass is 10.0. The van der Waals surface area contributed by atoms with E-state index in [0.29, 0.717) is 0 Å². The molecule has 2 rings (SSSR count). The van der Waals surface area contributed by atoms with Gasteiger partial charge in [0.05, 0.1) is 12.1 Å². The maximum Gasteiger partial charge on any atom is 0.124 e. The highest BCUT2D eigenvalue weighted by Gasteiger charge is 2.16. The maximum absolute atomic E-state index is 7.70. The van der Waals surface area contributed by atoms with E-state index in [1.54, 1.807) is 0 Å². The summed E-state index contributed by atoms with van der Waals surface area (Å²) in [7, 11) is 0. The number of hydrogen-bond donors (Lipinski definition) is 1. The predicted molar refractivity (Wildman–Crippen MR) is 50.7 cm³/mol. The van der Waals surface area contributed by atoms with Gasteiger partial charge in [0.2, 0.25) is 0 Å². The van der Waals surface area contributed by atoms with Crippen molar-refractivity contribution in [1.29, 1.82) is 0 Å². The fraction of sp³-hybridized carbons (Fsp3) is 0.333. The van der Waals surface area contributed by atoms with Crippen LogP contribution in [0.15, 0.2) is 24.2 Å². The lowest BCUT2D eigenvalue weighted by Crippen LogP contribution is -2.20. The van der Waals surface area contributed by atoms with Crippen LogP contribution in [0.2, 0.25) is 0 Å². The number of rotatable bonds is 0. The van der Waals surface area contributed by atoms with E-state index in [2.05, 4.69) is 0 Å². The summed E-state index contributed by atoms with van der Waals surface area (Å²) in [4.78, 5) is 0. The number of ether oxygens (including phenoxy) is 1. The summed E-state index contributed by atoms with van der Waals surface area (Å²) >= 11 is 0. The van der Waals surface area contributed by atoms with Crippen LogP contribution < -0.4 is 10.5 Å². The molecule has 2 N–H and O–H groups in total. The first kappa shape index (κ1) is 3.99. The van der Waals surface area contributed by atoms with Crippen molar-refractivity contribution in [3.63, 3.8) is 0 Å². The quantitative estimate of drug-likeness (QED) is 0.680. The first-order valence-corrected chi connectivity index (χ1v) is 3.26. The van der Waals surface area contributed by atoms with Crippen molar-refractivity contribution in [3.05, 3.63) is 29.7 Å². The SMILES string of the molecule is Cl.[2H]c1c([2H])c([2H])c2c(c1[2H])OCC([2H])([2H])C2N. The minimum Gasteiger partial charge on any atom is -0.493 e.